The zero-order chi connectivity index (χ0) is 11.3. The number of hydrogen-bond donors (Lipinski definition) is 3. The minimum absolute atomic E-state index is 0.368. The number of aromatic amines is 1. The molecule has 1 aromatic heterocycles. The number of nitrogens with two attached hydrogens (primary N) is 1. The second-order valence-corrected chi connectivity index (χ2v) is 3.30. The average Bonchev–Trinajstić information content (AvgIpc) is 2.71. The van der Waals surface area contributed by atoms with E-state index < -0.39 is 5.09 Å². The normalized spacial score (nSPS) is 15.7. The Balaban J connectivity index is 0.000000245. The lowest BCUT2D eigenvalue weighted by Crippen LogP contribution is -1.95. The standard InChI is InChI=1S/C7H12N4.HNO3/c8-7-9-6(10-11-7)5-3-1-2-4-5;2-1(3)4/h5H,1-4H2,(H3,8,9,10,11);(H,2,3,4). The third-order valence-corrected chi connectivity index (χ3v) is 2.26. The van der Waals surface area contributed by atoms with E-state index in [0.29, 0.717) is 11.9 Å². The molecule has 1 heterocycles. The monoisotopic (exact) mass is 215 g/mol. The van der Waals surface area contributed by atoms with Crippen molar-refractivity contribution in [3.05, 3.63) is 15.9 Å². The van der Waals surface area contributed by atoms with E-state index in [1.807, 2.05) is 0 Å². The fraction of sp³-hybridized carbons (Fsp3) is 0.714. The minimum atomic E-state index is -1.50. The molecule has 1 saturated carbocycles. The zero-order valence-electron chi connectivity index (χ0n) is 8.09. The van der Waals surface area contributed by atoms with Crippen molar-refractivity contribution in [2.75, 3.05) is 5.73 Å². The van der Waals surface area contributed by atoms with Crippen molar-refractivity contribution in [3.8, 4) is 0 Å². The Morgan fingerprint density at radius 1 is 1.53 bits per heavy atom. The molecular weight excluding hydrogens is 202 g/mol. The first-order valence-electron chi connectivity index (χ1n) is 4.60. The van der Waals surface area contributed by atoms with Crippen LogP contribution in [0.3, 0.4) is 0 Å². The zero-order valence-corrected chi connectivity index (χ0v) is 8.09. The van der Waals surface area contributed by atoms with E-state index in [-0.39, 0.29) is 0 Å². The van der Waals surface area contributed by atoms with E-state index in [4.69, 9.17) is 21.1 Å². The van der Waals surface area contributed by atoms with Gasteiger partial charge in [0.05, 0.1) is 0 Å². The summed E-state index contributed by atoms with van der Waals surface area (Å²) in [5, 5.41) is 20.3. The summed E-state index contributed by atoms with van der Waals surface area (Å²) in [6.45, 7) is 0. The highest BCUT2D eigenvalue weighted by Gasteiger charge is 2.19. The van der Waals surface area contributed by atoms with Gasteiger partial charge in [-0.25, -0.2) is 0 Å². The predicted octanol–water partition coefficient (Wildman–Crippen LogP) is 0.697. The predicted molar refractivity (Wildman–Crippen MR) is 50.8 cm³/mol. The van der Waals surface area contributed by atoms with Gasteiger partial charge in [0.2, 0.25) is 5.95 Å². The molecule has 0 bridgehead atoms. The smallest absolute Gasteiger partial charge is 0.291 e. The molecule has 2 rings (SSSR count). The molecule has 1 aromatic rings. The SMILES string of the molecule is Nc1n[nH]c(C2CCCC2)n1.O=[N+]([O-])O. The number of aromatic nitrogens is 3. The molecule has 0 amide bonds. The Labute approximate surface area is 85.6 Å². The average molecular weight is 215 g/mol. The van der Waals surface area contributed by atoms with Gasteiger partial charge in [-0.15, -0.1) is 15.2 Å². The minimum Gasteiger partial charge on any atom is -0.367 e. The molecule has 8 nitrogen and oxygen atoms in total. The molecule has 0 atom stereocenters. The molecule has 0 saturated heterocycles. The number of rotatable bonds is 1. The first-order valence-corrected chi connectivity index (χ1v) is 4.60. The van der Waals surface area contributed by atoms with Crippen LogP contribution >= 0.6 is 0 Å². The Morgan fingerprint density at radius 2 is 2.07 bits per heavy atom. The number of nitrogen functional groups attached to an aromatic ring is 1. The molecule has 8 heteroatoms. The third-order valence-electron chi connectivity index (χ3n) is 2.26. The Bertz CT molecular complexity index is 316. The van der Waals surface area contributed by atoms with Crippen molar-refractivity contribution in [1.29, 1.82) is 0 Å². The second-order valence-electron chi connectivity index (χ2n) is 3.30. The van der Waals surface area contributed by atoms with Gasteiger partial charge in [0, 0.05) is 5.92 Å². The van der Waals surface area contributed by atoms with Crippen LogP contribution in [0.25, 0.3) is 0 Å². The Morgan fingerprint density at radius 3 is 2.47 bits per heavy atom. The summed E-state index contributed by atoms with van der Waals surface area (Å²) in [6, 6.07) is 0. The third kappa shape index (κ3) is 3.79. The molecule has 1 aliphatic rings. The molecule has 4 N–H and O–H groups in total. The highest BCUT2D eigenvalue weighted by atomic mass is 16.9. The number of anilines is 1. The maximum atomic E-state index is 8.36. The lowest BCUT2D eigenvalue weighted by Gasteiger charge is -2.01. The van der Waals surface area contributed by atoms with Gasteiger partial charge >= 0.3 is 0 Å². The lowest BCUT2D eigenvalue weighted by atomic mass is 10.1. The number of nitrogens with zero attached hydrogens (tertiary/aromatic N) is 3. The molecule has 84 valence electrons. The van der Waals surface area contributed by atoms with E-state index in [2.05, 4.69) is 15.2 Å². The molecule has 15 heavy (non-hydrogen) atoms. The van der Waals surface area contributed by atoms with Crippen molar-refractivity contribution >= 4 is 5.95 Å². The van der Waals surface area contributed by atoms with E-state index in [1.165, 1.54) is 25.7 Å². The number of nitrogens with one attached hydrogen (secondary N) is 1. The van der Waals surface area contributed by atoms with Crippen LogP contribution in [0.5, 0.6) is 0 Å². The van der Waals surface area contributed by atoms with Crippen molar-refractivity contribution < 1.29 is 10.3 Å². The Hall–Kier alpha value is -1.86. The van der Waals surface area contributed by atoms with Crippen LogP contribution in [0, 0.1) is 10.1 Å². The summed E-state index contributed by atoms with van der Waals surface area (Å²) in [6.07, 6.45) is 5.08. The van der Waals surface area contributed by atoms with Gasteiger partial charge < -0.3 is 10.9 Å². The number of H-pyrrole nitrogens is 1. The van der Waals surface area contributed by atoms with Crippen LogP contribution in [0.2, 0.25) is 0 Å². The summed E-state index contributed by atoms with van der Waals surface area (Å²) in [7, 11) is 0. The van der Waals surface area contributed by atoms with Gasteiger partial charge in [-0.3, -0.25) is 5.10 Å². The van der Waals surface area contributed by atoms with Crippen LogP contribution in [0.15, 0.2) is 0 Å². The second kappa shape index (κ2) is 5.13. The maximum Gasteiger partial charge on any atom is 0.291 e. The number of hydrogen-bond acceptors (Lipinski definition) is 5. The van der Waals surface area contributed by atoms with E-state index in [0.717, 1.165) is 5.82 Å². The van der Waals surface area contributed by atoms with Crippen LogP contribution in [-0.2, 0) is 0 Å². The molecule has 0 aromatic carbocycles. The van der Waals surface area contributed by atoms with Gasteiger partial charge in [0.15, 0.2) is 0 Å². The highest BCUT2D eigenvalue weighted by molar-refractivity contribution is 5.14. The summed E-state index contributed by atoms with van der Waals surface area (Å²) < 4.78 is 0. The van der Waals surface area contributed by atoms with Gasteiger partial charge in [-0.2, -0.15) is 4.98 Å². The van der Waals surface area contributed by atoms with Gasteiger partial charge in [0.25, 0.3) is 5.09 Å². The molecular formula is C7H13N5O3. The lowest BCUT2D eigenvalue weighted by molar-refractivity contribution is -0.742. The fourth-order valence-corrected chi connectivity index (χ4v) is 1.67. The molecule has 0 unspecified atom stereocenters. The van der Waals surface area contributed by atoms with Gasteiger partial charge in [-0.05, 0) is 12.8 Å². The van der Waals surface area contributed by atoms with Crippen molar-refractivity contribution in [2.45, 2.75) is 31.6 Å². The highest BCUT2D eigenvalue weighted by Crippen LogP contribution is 2.31. The van der Waals surface area contributed by atoms with Crippen molar-refractivity contribution in [2.24, 2.45) is 0 Å². The quantitative estimate of drug-likeness (QED) is 0.466. The molecule has 1 aliphatic carbocycles. The van der Waals surface area contributed by atoms with Gasteiger partial charge in [-0.1, -0.05) is 12.8 Å². The van der Waals surface area contributed by atoms with E-state index >= 15 is 0 Å². The summed E-state index contributed by atoms with van der Waals surface area (Å²) in [5.41, 5.74) is 5.39. The van der Waals surface area contributed by atoms with Crippen LogP contribution < -0.4 is 5.73 Å². The first kappa shape index (κ1) is 11.2. The van der Waals surface area contributed by atoms with Crippen LogP contribution in [0.1, 0.15) is 37.4 Å². The summed E-state index contributed by atoms with van der Waals surface area (Å²) in [5.74, 6) is 1.92. The van der Waals surface area contributed by atoms with Crippen LogP contribution in [0.4, 0.5) is 5.95 Å². The topological polar surface area (TPSA) is 131 Å². The van der Waals surface area contributed by atoms with Crippen LogP contribution in [-0.4, -0.2) is 25.5 Å². The van der Waals surface area contributed by atoms with E-state index in [9.17, 15) is 0 Å². The molecule has 0 radical (unpaired) electrons. The van der Waals surface area contributed by atoms with Crippen molar-refractivity contribution in [1.82, 2.24) is 15.2 Å². The molecule has 1 fully saturated rings. The fourth-order valence-electron chi connectivity index (χ4n) is 1.67. The Kier molecular flexibility index (Phi) is 3.83. The van der Waals surface area contributed by atoms with Gasteiger partial charge in [0.1, 0.15) is 5.82 Å². The molecule has 0 aliphatic heterocycles. The summed E-state index contributed by atoms with van der Waals surface area (Å²) in [4.78, 5) is 12.5. The molecule has 0 spiro atoms. The van der Waals surface area contributed by atoms with E-state index in [1.54, 1.807) is 0 Å². The maximum absolute atomic E-state index is 8.36. The largest absolute Gasteiger partial charge is 0.367 e. The van der Waals surface area contributed by atoms with Crippen molar-refractivity contribution in [3.63, 3.8) is 0 Å². The first-order chi connectivity index (χ1) is 7.09. The summed E-state index contributed by atoms with van der Waals surface area (Å²) >= 11 is 0.